The molecule has 0 saturated carbocycles. The number of ether oxygens (including phenoxy) is 1. The summed E-state index contributed by atoms with van der Waals surface area (Å²) >= 11 is 0. The second kappa shape index (κ2) is 8.03. The molecule has 0 amide bonds. The van der Waals surface area contributed by atoms with Crippen molar-refractivity contribution in [3.63, 3.8) is 0 Å². The molecule has 1 aliphatic rings. The van der Waals surface area contributed by atoms with E-state index in [0.717, 1.165) is 5.56 Å². The highest BCUT2D eigenvalue weighted by molar-refractivity contribution is 7.70. The van der Waals surface area contributed by atoms with Gasteiger partial charge in [-0.05, 0) is 32.7 Å². The minimum Gasteiger partial charge on any atom is -0.493 e. The van der Waals surface area contributed by atoms with Crippen LogP contribution in [0.15, 0.2) is 30.5 Å². The summed E-state index contributed by atoms with van der Waals surface area (Å²) in [6.45, 7) is 6.71. The second-order valence-electron chi connectivity index (χ2n) is 8.44. The number of benzene rings is 1. The van der Waals surface area contributed by atoms with E-state index in [-0.39, 0.29) is 22.6 Å². The van der Waals surface area contributed by atoms with Gasteiger partial charge in [-0.3, -0.25) is 4.98 Å². The lowest BCUT2D eigenvalue weighted by Crippen LogP contribution is -2.24. The number of nitrogens with zero attached hydrogens (tertiary/aromatic N) is 3. The molecule has 1 aliphatic heterocycles. The summed E-state index contributed by atoms with van der Waals surface area (Å²) < 4.78 is 61.5. The van der Waals surface area contributed by atoms with E-state index in [2.05, 4.69) is 20.3 Å². The summed E-state index contributed by atoms with van der Waals surface area (Å²) in [6.07, 6.45) is -2.93. The normalized spacial score (nSPS) is 19.5. The summed E-state index contributed by atoms with van der Waals surface area (Å²) in [7, 11) is -3.34. The van der Waals surface area contributed by atoms with Gasteiger partial charge in [-0.1, -0.05) is 25.1 Å². The maximum Gasteiger partial charge on any atom is 0.419 e. The third-order valence-corrected chi connectivity index (χ3v) is 6.88. The number of halogens is 3. The Hall–Kier alpha value is -2.67. The molecule has 2 atom stereocenters. The molecular formula is C22H24F3N4O2P. The van der Waals surface area contributed by atoms with E-state index in [1.807, 2.05) is 38.1 Å². The molecule has 0 unspecified atom stereocenters. The lowest BCUT2D eigenvalue weighted by Gasteiger charge is -2.22. The number of pyridine rings is 1. The van der Waals surface area contributed by atoms with Crippen molar-refractivity contribution < 1.29 is 22.5 Å². The molecule has 3 heterocycles. The lowest BCUT2D eigenvalue weighted by atomic mass is 10.1. The molecule has 1 aromatic carbocycles. The van der Waals surface area contributed by atoms with E-state index in [9.17, 15) is 17.7 Å². The van der Waals surface area contributed by atoms with Crippen LogP contribution in [0.1, 0.15) is 49.2 Å². The standard InChI is InChI=1S/C22H24F3N4O2P/c1-12-9-10-31-16-8-6-5-7-14(16)13(2)27-20-17-15(28-19(12)29-20)11-26-21(32(3,4)30)18(17)22(23,24)25/h5-8,11-13H,9-10H2,1-4H3,(H,27,28,29)/t12-,13-/m1/s1. The van der Waals surface area contributed by atoms with Gasteiger partial charge in [0.15, 0.2) is 0 Å². The molecule has 2 bridgehead atoms. The summed E-state index contributed by atoms with van der Waals surface area (Å²) in [5.41, 5.74) is -0.647. The van der Waals surface area contributed by atoms with E-state index >= 15 is 0 Å². The van der Waals surface area contributed by atoms with Crippen LogP contribution in [0.4, 0.5) is 19.0 Å². The molecule has 1 N–H and O–H groups in total. The average molecular weight is 464 g/mol. The van der Waals surface area contributed by atoms with Crippen LogP contribution in [0.5, 0.6) is 5.75 Å². The molecule has 0 aliphatic carbocycles. The Kier molecular flexibility index (Phi) is 5.65. The molecular weight excluding hydrogens is 440 g/mol. The molecule has 0 spiro atoms. The predicted molar refractivity (Wildman–Crippen MR) is 118 cm³/mol. The smallest absolute Gasteiger partial charge is 0.419 e. The van der Waals surface area contributed by atoms with Gasteiger partial charge in [0.05, 0.1) is 35.3 Å². The summed E-state index contributed by atoms with van der Waals surface area (Å²) in [5.74, 6) is 0.959. The molecule has 6 nitrogen and oxygen atoms in total. The van der Waals surface area contributed by atoms with Crippen molar-refractivity contribution in [1.82, 2.24) is 15.0 Å². The number of fused-ring (bicyclic) bond motifs is 5. The quantitative estimate of drug-likeness (QED) is 0.489. The average Bonchev–Trinajstić information content (AvgIpc) is 2.72. The number of nitrogens with one attached hydrogen (secondary N) is 1. The number of aromatic nitrogens is 3. The Bertz CT molecular complexity index is 1230. The Morgan fingerprint density at radius 2 is 1.88 bits per heavy atom. The number of anilines is 1. The Labute approximate surface area is 184 Å². The zero-order valence-corrected chi connectivity index (χ0v) is 19.1. The van der Waals surface area contributed by atoms with Gasteiger partial charge in [-0.2, -0.15) is 13.2 Å². The Morgan fingerprint density at radius 1 is 1.16 bits per heavy atom. The third kappa shape index (κ3) is 4.18. The highest BCUT2D eigenvalue weighted by Gasteiger charge is 2.41. The largest absolute Gasteiger partial charge is 0.493 e. The van der Waals surface area contributed by atoms with E-state index < -0.39 is 30.4 Å². The highest BCUT2D eigenvalue weighted by Crippen LogP contribution is 2.44. The van der Waals surface area contributed by atoms with Crippen molar-refractivity contribution >= 4 is 29.3 Å². The monoisotopic (exact) mass is 464 g/mol. The van der Waals surface area contributed by atoms with Crippen LogP contribution in [0, 0.1) is 0 Å². The maximum atomic E-state index is 14.3. The van der Waals surface area contributed by atoms with E-state index in [1.54, 1.807) is 0 Å². The van der Waals surface area contributed by atoms with Gasteiger partial charge < -0.3 is 14.6 Å². The van der Waals surface area contributed by atoms with E-state index in [4.69, 9.17) is 4.74 Å². The maximum absolute atomic E-state index is 14.3. The van der Waals surface area contributed by atoms with Gasteiger partial charge in [0.1, 0.15) is 30.0 Å². The first-order chi connectivity index (χ1) is 15.0. The van der Waals surface area contributed by atoms with Gasteiger partial charge in [-0.15, -0.1) is 0 Å². The van der Waals surface area contributed by atoms with E-state index in [0.29, 0.717) is 24.6 Å². The fraction of sp³-hybridized carbons (Fsp3) is 0.409. The SMILES string of the molecule is C[C@@H]1CCOc2ccccc2[C@@H](C)Nc2nc1nc1cnc(P(C)(C)=O)c(C(F)(F)F)c21. The first-order valence-electron chi connectivity index (χ1n) is 10.3. The molecule has 4 rings (SSSR count). The minimum atomic E-state index is -4.78. The van der Waals surface area contributed by atoms with Crippen molar-refractivity contribution in [3.05, 3.63) is 47.4 Å². The highest BCUT2D eigenvalue weighted by atomic mass is 31.2. The molecule has 32 heavy (non-hydrogen) atoms. The molecule has 0 radical (unpaired) electrons. The zero-order chi connectivity index (χ0) is 23.3. The van der Waals surface area contributed by atoms with Gasteiger partial charge in [0, 0.05) is 11.5 Å². The van der Waals surface area contributed by atoms with Crippen LogP contribution >= 0.6 is 7.14 Å². The zero-order valence-electron chi connectivity index (χ0n) is 18.2. The number of rotatable bonds is 1. The number of para-hydroxylation sites is 1. The van der Waals surface area contributed by atoms with Crippen molar-refractivity contribution in [2.24, 2.45) is 0 Å². The Morgan fingerprint density at radius 3 is 2.56 bits per heavy atom. The first kappa shape index (κ1) is 22.5. The molecule has 2 aromatic heterocycles. The van der Waals surface area contributed by atoms with Crippen LogP contribution in [0.3, 0.4) is 0 Å². The summed E-state index contributed by atoms with van der Waals surface area (Å²) in [6, 6.07) is 6.99. The fourth-order valence-corrected chi connectivity index (χ4v) is 4.98. The number of hydrogen-bond acceptors (Lipinski definition) is 6. The van der Waals surface area contributed by atoms with Crippen LogP contribution < -0.4 is 15.5 Å². The van der Waals surface area contributed by atoms with Crippen LogP contribution in [-0.2, 0) is 10.7 Å². The van der Waals surface area contributed by atoms with Crippen molar-refractivity contribution in [2.45, 2.75) is 38.4 Å². The van der Waals surface area contributed by atoms with Crippen molar-refractivity contribution in [1.29, 1.82) is 0 Å². The fourth-order valence-electron chi connectivity index (χ4n) is 3.86. The molecule has 0 saturated heterocycles. The molecule has 0 fully saturated rings. The Balaban J connectivity index is 2.04. The van der Waals surface area contributed by atoms with E-state index in [1.165, 1.54) is 19.5 Å². The van der Waals surface area contributed by atoms with Crippen molar-refractivity contribution in [2.75, 3.05) is 25.3 Å². The second-order valence-corrected chi connectivity index (χ2v) is 11.6. The number of hydrogen-bond donors (Lipinski definition) is 1. The van der Waals surface area contributed by atoms with Gasteiger partial charge in [0.2, 0.25) is 0 Å². The third-order valence-electron chi connectivity index (χ3n) is 5.52. The van der Waals surface area contributed by atoms with Crippen LogP contribution in [0.25, 0.3) is 10.9 Å². The molecule has 3 aromatic rings. The topological polar surface area (TPSA) is 77.0 Å². The molecule has 170 valence electrons. The predicted octanol–water partition coefficient (Wildman–Crippen LogP) is 5.35. The van der Waals surface area contributed by atoms with Gasteiger partial charge in [-0.25, -0.2) is 9.97 Å². The van der Waals surface area contributed by atoms with Crippen LogP contribution in [-0.4, -0.2) is 34.9 Å². The molecule has 10 heteroatoms. The lowest BCUT2D eigenvalue weighted by molar-refractivity contribution is -0.135. The van der Waals surface area contributed by atoms with Crippen molar-refractivity contribution in [3.8, 4) is 5.75 Å². The number of alkyl halides is 3. The van der Waals surface area contributed by atoms with Crippen LogP contribution in [0.2, 0.25) is 0 Å². The minimum absolute atomic E-state index is 0.0467. The van der Waals surface area contributed by atoms with Gasteiger partial charge >= 0.3 is 6.18 Å². The first-order valence-corrected chi connectivity index (χ1v) is 12.9. The summed E-state index contributed by atoms with van der Waals surface area (Å²) in [4.78, 5) is 12.9. The summed E-state index contributed by atoms with van der Waals surface area (Å²) in [5, 5.41) is 2.93. The van der Waals surface area contributed by atoms with Gasteiger partial charge in [0.25, 0.3) is 0 Å².